The molecular weight excluding hydrogens is 244 g/mol. The number of carbonyl (C=O) groups is 1. The molecule has 1 aromatic heterocycles. The van der Waals surface area contributed by atoms with E-state index < -0.39 is 0 Å². The predicted molar refractivity (Wildman–Crippen MR) is 70.2 cm³/mol. The van der Waals surface area contributed by atoms with Gasteiger partial charge in [0.2, 0.25) is 0 Å². The van der Waals surface area contributed by atoms with E-state index in [0.717, 1.165) is 19.4 Å². The van der Waals surface area contributed by atoms with E-state index in [2.05, 4.69) is 10.4 Å². The number of hydrogen-bond acceptors (Lipinski definition) is 5. The van der Waals surface area contributed by atoms with Gasteiger partial charge in [-0.2, -0.15) is 0 Å². The molecular formula is C13H18N4O2. The maximum atomic E-state index is 12.5. The van der Waals surface area contributed by atoms with Gasteiger partial charge in [0.25, 0.3) is 5.91 Å². The van der Waals surface area contributed by atoms with Crippen LogP contribution < -0.4 is 11.3 Å². The normalized spacial score (nSPS) is 29.4. The lowest BCUT2D eigenvalue weighted by Gasteiger charge is -2.19. The first-order valence-corrected chi connectivity index (χ1v) is 6.58. The highest BCUT2D eigenvalue weighted by Crippen LogP contribution is 2.38. The molecule has 0 aromatic carbocycles. The van der Waals surface area contributed by atoms with Gasteiger partial charge in [-0.05, 0) is 24.8 Å². The van der Waals surface area contributed by atoms with Gasteiger partial charge in [-0.15, -0.1) is 0 Å². The summed E-state index contributed by atoms with van der Waals surface area (Å²) in [5, 5.41) is 9.89. The number of anilines is 1. The Bertz CT molecular complexity index is 493. The van der Waals surface area contributed by atoms with Gasteiger partial charge < -0.3 is 15.4 Å². The van der Waals surface area contributed by atoms with Gasteiger partial charge in [0.1, 0.15) is 0 Å². The number of rotatable bonds is 2. The zero-order valence-corrected chi connectivity index (χ0v) is 10.6. The first-order valence-electron chi connectivity index (χ1n) is 6.58. The van der Waals surface area contributed by atoms with Crippen molar-refractivity contribution in [3.05, 3.63) is 24.0 Å². The maximum Gasteiger partial charge on any atom is 0.257 e. The highest BCUT2D eigenvalue weighted by molar-refractivity contribution is 5.99. The van der Waals surface area contributed by atoms with E-state index in [-0.39, 0.29) is 17.9 Å². The van der Waals surface area contributed by atoms with Crippen LogP contribution >= 0.6 is 0 Å². The van der Waals surface area contributed by atoms with Gasteiger partial charge in [0, 0.05) is 31.4 Å². The highest BCUT2D eigenvalue weighted by Gasteiger charge is 2.43. The average Bonchev–Trinajstić information content (AvgIpc) is 3.00. The topological polar surface area (TPSA) is 91.5 Å². The third-order valence-electron chi connectivity index (χ3n) is 4.31. The Balaban J connectivity index is 1.78. The molecule has 1 amide bonds. The number of hydrogen-bond donors (Lipinski definition) is 3. The maximum absolute atomic E-state index is 12.5. The van der Waals surface area contributed by atoms with Crippen molar-refractivity contribution < 1.29 is 9.90 Å². The summed E-state index contributed by atoms with van der Waals surface area (Å²) >= 11 is 0. The molecule has 0 spiro atoms. The second kappa shape index (κ2) is 4.79. The summed E-state index contributed by atoms with van der Waals surface area (Å²) in [7, 11) is 0. The molecule has 2 fully saturated rings. The SMILES string of the molecule is NNc1ccncc1C(=O)N1CC2CCC(O)C2C1. The van der Waals surface area contributed by atoms with Crippen molar-refractivity contribution in [2.75, 3.05) is 18.5 Å². The summed E-state index contributed by atoms with van der Waals surface area (Å²) in [5.41, 5.74) is 3.59. The standard InChI is InChI=1S/C13H18N4O2/c14-16-11-3-4-15-5-9(11)13(19)17-6-8-1-2-12(18)10(8)7-17/h3-5,8,10,12,18H,1-2,6-7,14H2,(H,15,16). The molecule has 1 saturated heterocycles. The molecule has 0 bridgehead atoms. The number of hydrazine groups is 1. The smallest absolute Gasteiger partial charge is 0.257 e. The van der Waals surface area contributed by atoms with E-state index in [1.807, 2.05) is 0 Å². The van der Waals surface area contributed by atoms with Crippen LogP contribution in [0.25, 0.3) is 0 Å². The number of nitrogens with one attached hydrogen (secondary N) is 1. The van der Waals surface area contributed by atoms with Gasteiger partial charge in [-0.25, -0.2) is 0 Å². The fourth-order valence-corrected chi connectivity index (χ4v) is 3.26. The quantitative estimate of drug-likeness (QED) is 0.523. The number of fused-ring (bicyclic) bond motifs is 1. The van der Waals surface area contributed by atoms with E-state index in [1.165, 1.54) is 6.20 Å². The van der Waals surface area contributed by atoms with E-state index in [0.29, 0.717) is 23.7 Å². The molecule has 1 aliphatic carbocycles. The highest BCUT2D eigenvalue weighted by atomic mass is 16.3. The Morgan fingerprint density at radius 2 is 2.32 bits per heavy atom. The second-order valence-corrected chi connectivity index (χ2v) is 5.34. The van der Waals surface area contributed by atoms with Crippen LogP contribution in [0.2, 0.25) is 0 Å². The third kappa shape index (κ3) is 2.06. The van der Waals surface area contributed by atoms with Crippen molar-refractivity contribution in [1.82, 2.24) is 9.88 Å². The summed E-state index contributed by atoms with van der Waals surface area (Å²) < 4.78 is 0. The lowest BCUT2D eigenvalue weighted by molar-refractivity contribution is 0.0753. The molecule has 3 rings (SSSR count). The van der Waals surface area contributed by atoms with E-state index in [1.54, 1.807) is 17.2 Å². The third-order valence-corrected chi connectivity index (χ3v) is 4.31. The largest absolute Gasteiger partial charge is 0.393 e. The fourth-order valence-electron chi connectivity index (χ4n) is 3.26. The minimum absolute atomic E-state index is 0.0670. The number of aromatic nitrogens is 1. The lowest BCUT2D eigenvalue weighted by Crippen LogP contribution is -2.32. The molecule has 3 unspecified atom stereocenters. The summed E-state index contributed by atoms with van der Waals surface area (Å²) in [5.74, 6) is 6.01. The summed E-state index contributed by atoms with van der Waals surface area (Å²) in [6, 6.07) is 1.68. The van der Waals surface area contributed by atoms with Crippen molar-refractivity contribution >= 4 is 11.6 Å². The van der Waals surface area contributed by atoms with Crippen LogP contribution in [-0.2, 0) is 0 Å². The number of likely N-dealkylation sites (tertiary alicyclic amines) is 1. The minimum Gasteiger partial charge on any atom is -0.393 e. The Hall–Kier alpha value is -1.66. The van der Waals surface area contributed by atoms with Crippen LogP contribution in [0.4, 0.5) is 5.69 Å². The molecule has 19 heavy (non-hydrogen) atoms. The lowest BCUT2D eigenvalue weighted by atomic mass is 10.00. The monoisotopic (exact) mass is 262 g/mol. The molecule has 6 heteroatoms. The average molecular weight is 262 g/mol. The van der Waals surface area contributed by atoms with Crippen molar-refractivity contribution in [2.45, 2.75) is 18.9 Å². The molecule has 3 atom stereocenters. The van der Waals surface area contributed by atoms with Gasteiger partial charge in [-0.1, -0.05) is 0 Å². The Kier molecular flexibility index (Phi) is 3.12. The van der Waals surface area contributed by atoms with E-state index in [4.69, 9.17) is 5.84 Å². The van der Waals surface area contributed by atoms with Crippen molar-refractivity contribution in [2.24, 2.45) is 17.7 Å². The second-order valence-electron chi connectivity index (χ2n) is 5.34. The van der Waals surface area contributed by atoms with Crippen LogP contribution in [0, 0.1) is 11.8 Å². The molecule has 2 heterocycles. The Morgan fingerprint density at radius 3 is 3.05 bits per heavy atom. The minimum atomic E-state index is -0.260. The van der Waals surface area contributed by atoms with Gasteiger partial charge >= 0.3 is 0 Å². The number of aliphatic hydroxyl groups excluding tert-OH is 1. The molecule has 1 aromatic rings. The number of carbonyl (C=O) groups excluding carboxylic acids is 1. The molecule has 4 N–H and O–H groups in total. The summed E-state index contributed by atoms with van der Waals surface area (Å²) in [6.07, 6.45) is 4.73. The van der Waals surface area contributed by atoms with E-state index >= 15 is 0 Å². The fraction of sp³-hybridized carbons (Fsp3) is 0.538. The van der Waals surface area contributed by atoms with Gasteiger partial charge in [0.15, 0.2) is 0 Å². The van der Waals surface area contributed by atoms with Crippen molar-refractivity contribution in [1.29, 1.82) is 0 Å². The number of nitrogens with zero attached hydrogens (tertiary/aromatic N) is 2. The Morgan fingerprint density at radius 1 is 1.47 bits per heavy atom. The number of aliphatic hydroxyl groups is 1. The van der Waals surface area contributed by atoms with Crippen LogP contribution in [0.3, 0.4) is 0 Å². The van der Waals surface area contributed by atoms with Gasteiger partial charge in [-0.3, -0.25) is 15.6 Å². The molecule has 102 valence electrons. The number of nitrogen functional groups attached to an aromatic ring is 1. The van der Waals surface area contributed by atoms with Crippen LogP contribution in [0.1, 0.15) is 23.2 Å². The summed E-state index contributed by atoms with van der Waals surface area (Å²) in [4.78, 5) is 18.3. The first-order chi connectivity index (χ1) is 9.20. The number of amides is 1. The number of nitrogens with two attached hydrogens (primary N) is 1. The predicted octanol–water partition coefficient (Wildman–Crippen LogP) is 0.210. The molecule has 6 nitrogen and oxygen atoms in total. The van der Waals surface area contributed by atoms with Crippen LogP contribution in [0.15, 0.2) is 18.5 Å². The summed E-state index contributed by atoms with van der Waals surface area (Å²) in [6.45, 7) is 1.35. The van der Waals surface area contributed by atoms with Crippen LogP contribution in [-0.4, -0.2) is 40.1 Å². The Labute approximate surface area is 111 Å². The van der Waals surface area contributed by atoms with Crippen molar-refractivity contribution in [3.63, 3.8) is 0 Å². The molecule has 2 aliphatic rings. The molecule has 1 saturated carbocycles. The molecule has 0 radical (unpaired) electrons. The van der Waals surface area contributed by atoms with E-state index in [9.17, 15) is 9.90 Å². The van der Waals surface area contributed by atoms with Crippen LogP contribution in [0.5, 0.6) is 0 Å². The number of pyridine rings is 1. The van der Waals surface area contributed by atoms with Gasteiger partial charge in [0.05, 0.1) is 17.4 Å². The molecule has 1 aliphatic heterocycles. The zero-order valence-electron chi connectivity index (χ0n) is 10.6. The first kappa shape index (κ1) is 12.4. The van der Waals surface area contributed by atoms with Crippen molar-refractivity contribution in [3.8, 4) is 0 Å². The zero-order chi connectivity index (χ0) is 13.4.